The van der Waals surface area contributed by atoms with Crippen molar-refractivity contribution in [2.75, 3.05) is 7.11 Å². The molecule has 1 heterocycles. The SMILES string of the molecule is COc1cc(/C=N/NC(=O)c2cc3cc(Br)ccc3o2)ccc1Oc1ccc([N+](=O)[O-])cc1[N+](=O)[O-]. The van der Waals surface area contributed by atoms with E-state index in [4.69, 9.17) is 13.9 Å². The average molecular weight is 555 g/mol. The summed E-state index contributed by atoms with van der Waals surface area (Å²) in [5, 5.41) is 26.9. The first-order valence-corrected chi connectivity index (χ1v) is 10.9. The van der Waals surface area contributed by atoms with Crippen molar-refractivity contribution in [2.45, 2.75) is 0 Å². The molecule has 0 aliphatic heterocycles. The second-order valence-electron chi connectivity index (χ2n) is 7.17. The first-order valence-electron chi connectivity index (χ1n) is 10.1. The first-order chi connectivity index (χ1) is 17.2. The van der Waals surface area contributed by atoms with Gasteiger partial charge in [0.25, 0.3) is 5.69 Å². The number of carbonyl (C=O) groups is 1. The maximum atomic E-state index is 12.4. The number of hydrogen-bond donors (Lipinski definition) is 1. The van der Waals surface area contributed by atoms with Crippen LogP contribution in [0.15, 0.2) is 74.7 Å². The highest BCUT2D eigenvalue weighted by molar-refractivity contribution is 9.10. The van der Waals surface area contributed by atoms with Crippen LogP contribution in [0.1, 0.15) is 16.1 Å². The van der Waals surface area contributed by atoms with Crippen LogP contribution >= 0.6 is 15.9 Å². The first kappa shape index (κ1) is 24.3. The maximum Gasteiger partial charge on any atom is 0.318 e. The van der Waals surface area contributed by atoms with E-state index in [1.54, 1.807) is 24.3 Å². The summed E-state index contributed by atoms with van der Waals surface area (Å²) in [6.45, 7) is 0. The number of methoxy groups -OCH3 is 1. The third kappa shape index (κ3) is 5.31. The second kappa shape index (κ2) is 10.2. The van der Waals surface area contributed by atoms with Crippen molar-refractivity contribution in [2.24, 2.45) is 5.10 Å². The second-order valence-corrected chi connectivity index (χ2v) is 8.09. The molecule has 0 aliphatic carbocycles. The summed E-state index contributed by atoms with van der Waals surface area (Å²) in [7, 11) is 1.37. The fourth-order valence-corrected chi connectivity index (χ4v) is 3.54. The largest absolute Gasteiger partial charge is 0.493 e. The number of fused-ring (bicyclic) bond motifs is 1. The Morgan fingerprint density at radius 3 is 2.50 bits per heavy atom. The van der Waals surface area contributed by atoms with E-state index in [0.29, 0.717) is 11.1 Å². The number of hydrazone groups is 1. The van der Waals surface area contributed by atoms with Gasteiger partial charge in [-0.2, -0.15) is 5.10 Å². The Balaban J connectivity index is 1.49. The Morgan fingerprint density at radius 1 is 1.00 bits per heavy atom. The van der Waals surface area contributed by atoms with Gasteiger partial charge in [-0.3, -0.25) is 25.0 Å². The molecule has 0 saturated heterocycles. The Hall–Kier alpha value is -4.78. The molecule has 0 radical (unpaired) electrons. The van der Waals surface area contributed by atoms with Gasteiger partial charge in [0.2, 0.25) is 5.75 Å². The van der Waals surface area contributed by atoms with E-state index in [2.05, 4.69) is 26.5 Å². The van der Waals surface area contributed by atoms with Crippen molar-refractivity contribution in [1.29, 1.82) is 0 Å². The number of amides is 1. The smallest absolute Gasteiger partial charge is 0.318 e. The van der Waals surface area contributed by atoms with E-state index in [1.807, 2.05) is 6.07 Å². The monoisotopic (exact) mass is 554 g/mol. The van der Waals surface area contributed by atoms with Crippen LogP contribution in [0.2, 0.25) is 0 Å². The molecule has 182 valence electrons. The number of furan rings is 1. The summed E-state index contributed by atoms with van der Waals surface area (Å²) in [4.78, 5) is 33.1. The number of ether oxygens (including phenoxy) is 2. The van der Waals surface area contributed by atoms with Crippen molar-refractivity contribution in [3.63, 3.8) is 0 Å². The van der Waals surface area contributed by atoms with Crippen molar-refractivity contribution in [3.05, 3.63) is 96.7 Å². The molecule has 0 bridgehead atoms. The van der Waals surface area contributed by atoms with Crippen LogP contribution < -0.4 is 14.9 Å². The molecule has 3 aromatic carbocycles. The number of nitro benzene ring substituents is 2. The Kier molecular flexibility index (Phi) is 6.92. The standard InChI is InChI=1S/C23H15BrN4O8/c1-34-21-8-13(12-25-26-23(29)22-10-14-9-15(24)3-6-18(14)35-22)2-5-20(21)36-19-7-4-16(27(30)31)11-17(19)28(32)33/h2-12H,1H3,(H,26,29)/b25-12+. The lowest BCUT2D eigenvalue weighted by Gasteiger charge is -2.11. The summed E-state index contributed by atoms with van der Waals surface area (Å²) in [6, 6.07) is 14.6. The predicted molar refractivity (Wildman–Crippen MR) is 132 cm³/mol. The average Bonchev–Trinajstić information content (AvgIpc) is 3.28. The van der Waals surface area contributed by atoms with Crippen LogP contribution in [0, 0.1) is 20.2 Å². The minimum atomic E-state index is -0.778. The minimum absolute atomic E-state index is 0.0891. The van der Waals surface area contributed by atoms with Gasteiger partial charge in [0.05, 0.1) is 29.2 Å². The number of hydrogen-bond acceptors (Lipinski definition) is 9. The fourth-order valence-electron chi connectivity index (χ4n) is 3.16. The lowest BCUT2D eigenvalue weighted by Crippen LogP contribution is -2.16. The topological polar surface area (TPSA) is 159 Å². The predicted octanol–water partition coefficient (Wildman–Crippen LogP) is 5.58. The van der Waals surface area contributed by atoms with E-state index < -0.39 is 27.1 Å². The quantitative estimate of drug-likeness (QED) is 0.168. The lowest BCUT2D eigenvalue weighted by molar-refractivity contribution is -0.394. The normalized spacial score (nSPS) is 10.9. The van der Waals surface area contributed by atoms with Gasteiger partial charge in [-0.15, -0.1) is 0 Å². The summed E-state index contributed by atoms with van der Waals surface area (Å²) in [5.41, 5.74) is 2.44. The maximum absolute atomic E-state index is 12.4. The van der Waals surface area contributed by atoms with Gasteiger partial charge in [-0.1, -0.05) is 15.9 Å². The molecule has 1 amide bonds. The van der Waals surface area contributed by atoms with E-state index in [-0.39, 0.29) is 23.0 Å². The zero-order valence-corrected chi connectivity index (χ0v) is 19.9. The third-order valence-electron chi connectivity index (χ3n) is 4.84. The van der Waals surface area contributed by atoms with Crippen LogP contribution in [0.5, 0.6) is 17.2 Å². The Morgan fingerprint density at radius 2 is 1.78 bits per heavy atom. The van der Waals surface area contributed by atoms with E-state index in [9.17, 15) is 25.0 Å². The highest BCUT2D eigenvalue weighted by Gasteiger charge is 2.22. The van der Waals surface area contributed by atoms with Gasteiger partial charge < -0.3 is 13.9 Å². The summed E-state index contributed by atoms with van der Waals surface area (Å²) in [6.07, 6.45) is 1.36. The van der Waals surface area contributed by atoms with E-state index in [0.717, 1.165) is 28.1 Å². The number of carbonyl (C=O) groups excluding carboxylic acids is 1. The number of nitro groups is 2. The van der Waals surface area contributed by atoms with Crippen LogP contribution in [0.25, 0.3) is 11.0 Å². The van der Waals surface area contributed by atoms with Crippen molar-refractivity contribution >= 4 is 50.4 Å². The van der Waals surface area contributed by atoms with Crippen molar-refractivity contribution in [3.8, 4) is 17.2 Å². The number of benzene rings is 3. The molecule has 4 aromatic rings. The van der Waals surface area contributed by atoms with Gasteiger partial charge in [0.15, 0.2) is 17.3 Å². The number of rotatable bonds is 8. The van der Waals surface area contributed by atoms with Crippen LogP contribution in [-0.4, -0.2) is 29.1 Å². The highest BCUT2D eigenvalue weighted by atomic mass is 79.9. The number of nitrogens with one attached hydrogen (secondary N) is 1. The van der Waals surface area contributed by atoms with Crippen LogP contribution in [-0.2, 0) is 0 Å². The van der Waals surface area contributed by atoms with Crippen LogP contribution in [0.3, 0.4) is 0 Å². The molecule has 36 heavy (non-hydrogen) atoms. The number of halogens is 1. The summed E-state index contributed by atoms with van der Waals surface area (Å²) in [5.74, 6) is -0.317. The van der Waals surface area contributed by atoms with Gasteiger partial charge in [-0.05, 0) is 54.1 Å². The molecule has 1 N–H and O–H groups in total. The molecular formula is C23H15BrN4O8. The summed E-state index contributed by atoms with van der Waals surface area (Å²) >= 11 is 3.36. The Bertz CT molecular complexity index is 1530. The van der Waals surface area contributed by atoms with Gasteiger partial charge in [-0.25, -0.2) is 5.43 Å². The van der Waals surface area contributed by atoms with Crippen molar-refractivity contribution in [1.82, 2.24) is 5.43 Å². The van der Waals surface area contributed by atoms with Crippen LogP contribution in [0.4, 0.5) is 11.4 Å². The molecular weight excluding hydrogens is 540 g/mol. The van der Waals surface area contributed by atoms with Gasteiger partial charge >= 0.3 is 11.6 Å². The highest BCUT2D eigenvalue weighted by Crippen LogP contribution is 2.38. The number of nitrogens with zero attached hydrogens (tertiary/aromatic N) is 3. The van der Waals surface area contributed by atoms with Crippen molar-refractivity contribution < 1.29 is 28.5 Å². The number of non-ortho nitro benzene ring substituents is 1. The van der Waals surface area contributed by atoms with Gasteiger partial charge in [0.1, 0.15) is 5.58 Å². The molecule has 12 nitrogen and oxygen atoms in total. The van der Waals surface area contributed by atoms with Gasteiger partial charge in [0, 0.05) is 15.9 Å². The summed E-state index contributed by atoms with van der Waals surface area (Å²) < 4.78 is 17.3. The molecule has 0 saturated carbocycles. The van der Waals surface area contributed by atoms with E-state index in [1.165, 1.54) is 25.5 Å². The Labute approximate surface area is 210 Å². The molecule has 0 fully saturated rings. The molecule has 0 spiro atoms. The molecule has 0 aliphatic rings. The third-order valence-corrected chi connectivity index (χ3v) is 5.33. The minimum Gasteiger partial charge on any atom is -0.493 e. The molecule has 13 heteroatoms. The molecule has 1 aromatic heterocycles. The molecule has 0 unspecified atom stereocenters. The molecule has 4 rings (SSSR count). The zero-order chi connectivity index (χ0) is 25.8. The zero-order valence-electron chi connectivity index (χ0n) is 18.3. The van der Waals surface area contributed by atoms with E-state index >= 15 is 0 Å². The lowest BCUT2D eigenvalue weighted by atomic mass is 10.2. The fraction of sp³-hybridized carbons (Fsp3) is 0.0435. The molecule has 0 atom stereocenters.